The lowest BCUT2D eigenvalue weighted by molar-refractivity contribution is 0.460. The number of fused-ring (bicyclic) bond motifs is 1. The molecule has 0 unspecified atom stereocenters. The second kappa shape index (κ2) is 5.24. The minimum absolute atomic E-state index is 0.443. The van der Waals surface area contributed by atoms with Crippen LogP contribution in [0.1, 0.15) is 5.56 Å². The fraction of sp³-hybridized carbons (Fsp3) is 0.0667. The van der Waals surface area contributed by atoms with Crippen molar-refractivity contribution >= 4 is 22.4 Å². The molecular formula is C15H11ClN2O. The third-order valence-electron chi connectivity index (χ3n) is 2.83. The molecule has 0 bridgehead atoms. The highest BCUT2D eigenvalue weighted by molar-refractivity contribution is 6.18. The van der Waals surface area contributed by atoms with E-state index in [2.05, 4.69) is 16.0 Å². The predicted octanol–water partition coefficient (Wildman–Crippen LogP) is 4.16. The first-order valence-corrected chi connectivity index (χ1v) is 6.42. The van der Waals surface area contributed by atoms with E-state index in [-0.39, 0.29) is 0 Å². The number of halogens is 1. The first-order valence-electron chi connectivity index (χ1n) is 5.88. The Hall–Kier alpha value is -2.13. The molecule has 94 valence electrons. The van der Waals surface area contributed by atoms with Crippen LogP contribution >= 0.6 is 11.6 Å². The molecule has 4 heteroatoms. The Morgan fingerprint density at radius 2 is 2.00 bits per heavy atom. The van der Waals surface area contributed by atoms with Crippen LogP contribution < -0.4 is 4.74 Å². The van der Waals surface area contributed by atoms with Gasteiger partial charge in [0.1, 0.15) is 5.75 Å². The lowest BCUT2D eigenvalue weighted by Crippen LogP contribution is -1.90. The lowest BCUT2D eigenvalue weighted by atomic mass is 10.1. The first-order chi connectivity index (χ1) is 9.36. The van der Waals surface area contributed by atoms with Gasteiger partial charge < -0.3 is 4.74 Å². The molecule has 0 atom stereocenters. The van der Waals surface area contributed by atoms with Crippen LogP contribution in [0.2, 0.25) is 0 Å². The molecule has 0 N–H and O–H groups in total. The van der Waals surface area contributed by atoms with Crippen LogP contribution in [0.3, 0.4) is 0 Å². The summed E-state index contributed by atoms with van der Waals surface area (Å²) in [4.78, 5) is 8.06. The quantitative estimate of drug-likeness (QED) is 0.670. The average Bonchev–Trinajstić information content (AvgIpc) is 2.47. The van der Waals surface area contributed by atoms with E-state index in [4.69, 9.17) is 16.3 Å². The van der Waals surface area contributed by atoms with E-state index in [1.807, 2.05) is 30.3 Å². The molecule has 3 rings (SSSR count). The van der Waals surface area contributed by atoms with E-state index in [1.165, 1.54) is 0 Å². The summed E-state index contributed by atoms with van der Waals surface area (Å²) in [6.45, 7) is 0. The SMILES string of the molecule is ClCc1cc(Oc2cnccn2)cc2ccccc12. The standard InChI is InChI=1S/C15H11ClN2O/c16-9-12-8-13(19-15-10-17-5-6-18-15)7-11-3-1-2-4-14(11)12/h1-8,10H,9H2. The van der Waals surface area contributed by atoms with Crippen molar-refractivity contribution in [2.45, 2.75) is 5.88 Å². The molecule has 2 aromatic carbocycles. The van der Waals surface area contributed by atoms with E-state index in [9.17, 15) is 0 Å². The van der Waals surface area contributed by atoms with Gasteiger partial charge in [-0.05, 0) is 28.5 Å². The fourth-order valence-corrected chi connectivity index (χ4v) is 2.21. The van der Waals surface area contributed by atoms with E-state index in [0.717, 1.165) is 22.1 Å². The second-order valence-electron chi connectivity index (χ2n) is 4.08. The van der Waals surface area contributed by atoms with Gasteiger partial charge in [-0.15, -0.1) is 11.6 Å². The van der Waals surface area contributed by atoms with Gasteiger partial charge >= 0.3 is 0 Å². The number of benzene rings is 2. The van der Waals surface area contributed by atoms with Crippen molar-refractivity contribution < 1.29 is 4.74 Å². The topological polar surface area (TPSA) is 35.0 Å². The van der Waals surface area contributed by atoms with E-state index in [0.29, 0.717) is 11.8 Å². The molecule has 3 aromatic rings. The minimum Gasteiger partial charge on any atom is -0.437 e. The molecule has 1 aromatic heterocycles. The maximum absolute atomic E-state index is 6.00. The van der Waals surface area contributed by atoms with Crippen LogP contribution in [0.4, 0.5) is 0 Å². The van der Waals surface area contributed by atoms with Crippen molar-refractivity contribution in [3.63, 3.8) is 0 Å². The maximum Gasteiger partial charge on any atom is 0.237 e. The molecule has 0 saturated carbocycles. The highest BCUT2D eigenvalue weighted by Crippen LogP contribution is 2.28. The van der Waals surface area contributed by atoms with Crippen molar-refractivity contribution in [2.75, 3.05) is 0 Å². The van der Waals surface area contributed by atoms with Gasteiger partial charge in [0.05, 0.1) is 6.20 Å². The fourth-order valence-electron chi connectivity index (χ4n) is 1.99. The molecular weight excluding hydrogens is 260 g/mol. The number of nitrogens with zero attached hydrogens (tertiary/aromatic N) is 2. The van der Waals surface area contributed by atoms with Gasteiger partial charge in [-0.3, -0.25) is 4.98 Å². The Labute approximate surface area is 115 Å². The highest BCUT2D eigenvalue weighted by Gasteiger charge is 2.05. The van der Waals surface area contributed by atoms with Crippen LogP contribution in [0.15, 0.2) is 55.0 Å². The van der Waals surface area contributed by atoms with Crippen LogP contribution in [-0.4, -0.2) is 9.97 Å². The molecule has 0 amide bonds. The predicted molar refractivity (Wildman–Crippen MR) is 75.6 cm³/mol. The summed E-state index contributed by atoms with van der Waals surface area (Å²) >= 11 is 6.00. The van der Waals surface area contributed by atoms with Crippen molar-refractivity contribution in [1.29, 1.82) is 0 Å². The van der Waals surface area contributed by atoms with Gasteiger partial charge in [-0.25, -0.2) is 4.98 Å². The number of alkyl halides is 1. The minimum atomic E-state index is 0.443. The van der Waals surface area contributed by atoms with Gasteiger partial charge in [0.15, 0.2) is 0 Å². The van der Waals surface area contributed by atoms with Crippen LogP contribution in [0.25, 0.3) is 10.8 Å². The smallest absolute Gasteiger partial charge is 0.237 e. The molecule has 0 fully saturated rings. The van der Waals surface area contributed by atoms with Crippen LogP contribution in [-0.2, 0) is 5.88 Å². The Morgan fingerprint density at radius 3 is 2.79 bits per heavy atom. The first kappa shape index (κ1) is 11.9. The van der Waals surface area contributed by atoms with E-state index >= 15 is 0 Å². The zero-order chi connectivity index (χ0) is 13.1. The van der Waals surface area contributed by atoms with E-state index < -0.39 is 0 Å². The number of rotatable bonds is 3. The average molecular weight is 271 g/mol. The van der Waals surface area contributed by atoms with Crippen LogP contribution in [0, 0.1) is 0 Å². The number of aromatic nitrogens is 2. The molecule has 0 aliphatic rings. The molecule has 0 radical (unpaired) electrons. The summed E-state index contributed by atoms with van der Waals surface area (Å²) in [7, 11) is 0. The zero-order valence-corrected chi connectivity index (χ0v) is 10.8. The van der Waals surface area contributed by atoms with Crippen LogP contribution in [0.5, 0.6) is 11.6 Å². The highest BCUT2D eigenvalue weighted by atomic mass is 35.5. The summed E-state index contributed by atoms with van der Waals surface area (Å²) in [6, 6.07) is 12.0. The summed E-state index contributed by atoms with van der Waals surface area (Å²) in [5.41, 5.74) is 1.04. The van der Waals surface area contributed by atoms with E-state index in [1.54, 1.807) is 18.6 Å². The normalized spacial score (nSPS) is 10.6. The number of hydrogen-bond donors (Lipinski definition) is 0. The summed E-state index contributed by atoms with van der Waals surface area (Å²) in [5, 5.41) is 2.24. The largest absolute Gasteiger partial charge is 0.437 e. The molecule has 0 aliphatic heterocycles. The molecule has 3 nitrogen and oxygen atoms in total. The van der Waals surface area contributed by atoms with Crippen molar-refractivity contribution in [1.82, 2.24) is 9.97 Å². The van der Waals surface area contributed by atoms with Crippen molar-refractivity contribution in [3.8, 4) is 11.6 Å². The Morgan fingerprint density at radius 1 is 1.11 bits per heavy atom. The molecule has 0 spiro atoms. The van der Waals surface area contributed by atoms with Gasteiger partial charge in [0, 0.05) is 18.3 Å². The molecule has 0 aliphatic carbocycles. The monoisotopic (exact) mass is 270 g/mol. The Bertz CT molecular complexity index is 701. The maximum atomic E-state index is 6.00. The molecule has 0 saturated heterocycles. The van der Waals surface area contributed by atoms with Crippen molar-refractivity contribution in [3.05, 3.63) is 60.6 Å². The summed E-state index contributed by atoms with van der Waals surface area (Å²) in [5.74, 6) is 1.63. The Balaban J connectivity index is 2.05. The zero-order valence-electron chi connectivity index (χ0n) is 10.1. The third-order valence-corrected chi connectivity index (χ3v) is 3.11. The summed E-state index contributed by atoms with van der Waals surface area (Å²) in [6.07, 6.45) is 4.78. The summed E-state index contributed by atoms with van der Waals surface area (Å²) < 4.78 is 5.70. The lowest BCUT2D eigenvalue weighted by Gasteiger charge is -2.09. The van der Waals surface area contributed by atoms with Gasteiger partial charge in [0.2, 0.25) is 5.88 Å². The molecule has 19 heavy (non-hydrogen) atoms. The Kier molecular flexibility index (Phi) is 3.29. The third kappa shape index (κ3) is 2.51. The van der Waals surface area contributed by atoms with Gasteiger partial charge in [-0.1, -0.05) is 24.3 Å². The number of hydrogen-bond acceptors (Lipinski definition) is 3. The second-order valence-corrected chi connectivity index (χ2v) is 4.35. The van der Waals surface area contributed by atoms with Crippen molar-refractivity contribution in [2.24, 2.45) is 0 Å². The van der Waals surface area contributed by atoms with Gasteiger partial charge in [-0.2, -0.15) is 0 Å². The molecule has 1 heterocycles. The van der Waals surface area contributed by atoms with Gasteiger partial charge in [0.25, 0.3) is 0 Å². The number of ether oxygens (including phenoxy) is 1.